The van der Waals surface area contributed by atoms with Crippen molar-refractivity contribution in [3.8, 4) is 22.8 Å². The van der Waals surface area contributed by atoms with Crippen LogP contribution in [0.5, 0.6) is 0 Å². The Labute approximate surface area is 180 Å². The zero-order valence-electron chi connectivity index (χ0n) is 17.0. The van der Waals surface area contributed by atoms with Crippen molar-refractivity contribution >= 4 is 11.6 Å². The molecule has 2 aromatic heterocycles. The van der Waals surface area contributed by atoms with Crippen LogP contribution in [0.15, 0.2) is 73.1 Å². The van der Waals surface area contributed by atoms with E-state index in [1.165, 1.54) is 12.1 Å². The second-order valence-electron chi connectivity index (χ2n) is 7.58. The van der Waals surface area contributed by atoms with Gasteiger partial charge in [0.1, 0.15) is 11.6 Å². The summed E-state index contributed by atoms with van der Waals surface area (Å²) in [5.41, 5.74) is 3.55. The van der Waals surface area contributed by atoms with Crippen molar-refractivity contribution in [3.05, 3.63) is 78.9 Å². The topological polar surface area (TPSA) is 67.7 Å². The van der Waals surface area contributed by atoms with Gasteiger partial charge in [-0.2, -0.15) is 0 Å². The summed E-state index contributed by atoms with van der Waals surface area (Å²) in [6, 6.07) is 18.6. The Morgan fingerprint density at radius 1 is 0.935 bits per heavy atom. The Hall–Kier alpha value is -3.58. The molecule has 4 aromatic rings. The van der Waals surface area contributed by atoms with Crippen molar-refractivity contribution < 1.29 is 4.39 Å². The molecule has 31 heavy (non-hydrogen) atoms. The first kappa shape index (κ1) is 19.4. The van der Waals surface area contributed by atoms with Crippen LogP contribution < -0.4 is 10.6 Å². The van der Waals surface area contributed by atoms with E-state index >= 15 is 0 Å². The maximum Gasteiger partial charge on any atom is 0.227 e. The molecule has 1 saturated heterocycles. The zero-order valence-corrected chi connectivity index (χ0v) is 17.0. The third-order valence-corrected chi connectivity index (χ3v) is 5.52. The number of piperidine rings is 1. The van der Waals surface area contributed by atoms with E-state index in [0.29, 0.717) is 12.0 Å². The van der Waals surface area contributed by atoms with Gasteiger partial charge in [0, 0.05) is 23.5 Å². The summed E-state index contributed by atoms with van der Waals surface area (Å²) < 4.78 is 15.7. The van der Waals surface area contributed by atoms with Crippen LogP contribution in [0.2, 0.25) is 0 Å². The number of benzene rings is 2. The van der Waals surface area contributed by atoms with Crippen molar-refractivity contribution in [2.24, 2.45) is 0 Å². The molecule has 0 spiro atoms. The Balaban J connectivity index is 1.56. The number of imidazole rings is 1. The molecular weight excluding hydrogens is 391 g/mol. The van der Waals surface area contributed by atoms with Crippen molar-refractivity contribution in [1.29, 1.82) is 0 Å². The maximum absolute atomic E-state index is 13.5. The Morgan fingerprint density at radius 2 is 1.71 bits per heavy atom. The van der Waals surface area contributed by atoms with Crippen molar-refractivity contribution in [2.45, 2.75) is 18.9 Å². The van der Waals surface area contributed by atoms with Gasteiger partial charge in [-0.05, 0) is 68.4 Å². The van der Waals surface area contributed by atoms with Crippen LogP contribution in [0, 0.1) is 5.82 Å². The first-order valence-electron chi connectivity index (χ1n) is 10.5. The van der Waals surface area contributed by atoms with Crippen LogP contribution in [-0.4, -0.2) is 32.6 Å². The molecule has 0 aliphatic carbocycles. The molecule has 2 N–H and O–H groups in total. The number of aromatic nitrogens is 4. The van der Waals surface area contributed by atoms with Crippen LogP contribution in [0.25, 0.3) is 22.8 Å². The van der Waals surface area contributed by atoms with Gasteiger partial charge in [0.2, 0.25) is 5.95 Å². The molecular formula is C24H23FN6. The molecule has 3 heterocycles. The normalized spacial score (nSPS) is 14.5. The number of rotatable bonds is 5. The SMILES string of the molecule is Fc1ccc(-c2ncc(-c3ccnc(Nc4ccccc4)n3)n2C2CCNCC2)cc1. The fourth-order valence-electron chi connectivity index (χ4n) is 4.01. The molecule has 1 aliphatic heterocycles. The van der Waals surface area contributed by atoms with E-state index in [1.54, 1.807) is 18.3 Å². The van der Waals surface area contributed by atoms with Gasteiger partial charge in [0.15, 0.2) is 0 Å². The lowest BCUT2D eigenvalue weighted by Gasteiger charge is -2.27. The fraction of sp³-hybridized carbons (Fsp3) is 0.208. The number of anilines is 2. The Kier molecular flexibility index (Phi) is 5.41. The third kappa shape index (κ3) is 4.18. The van der Waals surface area contributed by atoms with Crippen molar-refractivity contribution in [2.75, 3.05) is 18.4 Å². The number of nitrogens with one attached hydrogen (secondary N) is 2. The summed E-state index contributed by atoms with van der Waals surface area (Å²) in [5, 5.41) is 6.67. The zero-order chi connectivity index (χ0) is 21.0. The van der Waals surface area contributed by atoms with Crippen LogP contribution in [0.1, 0.15) is 18.9 Å². The minimum Gasteiger partial charge on any atom is -0.324 e. The van der Waals surface area contributed by atoms with Crippen LogP contribution in [0.4, 0.5) is 16.0 Å². The van der Waals surface area contributed by atoms with E-state index in [2.05, 4.69) is 20.2 Å². The Morgan fingerprint density at radius 3 is 2.48 bits per heavy atom. The molecule has 0 unspecified atom stereocenters. The van der Waals surface area contributed by atoms with Gasteiger partial charge in [0.05, 0.1) is 17.6 Å². The highest BCUT2D eigenvalue weighted by atomic mass is 19.1. The van der Waals surface area contributed by atoms with E-state index in [9.17, 15) is 4.39 Å². The second kappa shape index (κ2) is 8.65. The van der Waals surface area contributed by atoms with E-state index in [0.717, 1.165) is 54.4 Å². The largest absolute Gasteiger partial charge is 0.324 e. The van der Waals surface area contributed by atoms with Gasteiger partial charge in [-0.15, -0.1) is 0 Å². The fourth-order valence-corrected chi connectivity index (χ4v) is 4.01. The third-order valence-electron chi connectivity index (χ3n) is 5.52. The lowest BCUT2D eigenvalue weighted by molar-refractivity contribution is 0.373. The molecule has 0 atom stereocenters. The molecule has 7 heteroatoms. The molecule has 0 saturated carbocycles. The first-order valence-corrected chi connectivity index (χ1v) is 10.5. The molecule has 0 amide bonds. The molecule has 2 aromatic carbocycles. The van der Waals surface area contributed by atoms with Gasteiger partial charge >= 0.3 is 0 Å². The van der Waals surface area contributed by atoms with Crippen molar-refractivity contribution in [3.63, 3.8) is 0 Å². The summed E-state index contributed by atoms with van der Waals surface area (Å²) in [4.78, 5) is 13.9. The summed E-state index contributed by atoms with van der Waals surface area (Å²) in [6.45, 7) is 1.91. The highest BCUT2D eigenvalue weighted by Gasteiger charge is 2.23. The number of hydrogen-bond donors (Lipinski definition) is 2. The van der Waals surface area contributed by atoms with Gasteiger partial charge in [-0.25, -0.2) is 19.3 Å². The standard InChI is InChI=1S/C24H23FN6/c25-18-8-6-17(7-9-18)23-28-16-22(31(23)20-10-13-26-14-11-20)21-12-15-27-24(30-21)29-19-4-2-1-3-5-19/h1-9,12,15-16,20,26H,10-11,13-14H2,(H,27,29,30). The average molecular weight is 414 g/mol. The van der Waals surface area contributed by atoms with Crippen LogP contribution >= 0.6 is 0 Å². The van der Waals surface area contributed by atoms with Crippen LogP contribution in [-0.2, 0) is 0 Å². The summed E-state index contributed by atoms with van der Waals surface area (Å²) >= 11 is 0. The average Bonchev–Trinajstić information content (AvgIpc) is 3.26. The molecule has 6 nitrogen and oxygen atoms in total. The summed E-state index contributed by atoms with van der Waals surface area (Å²) in [5.74, 6) is 1.11. The van der Waals surface area contributed by atoms with Gasteiger partial charge in [-0.1, -0.05) is 18.2 Å². The highest BCUT2D eigenvalue weighted by Crippen LogP contribution is 2.33. The number of hydrogen-bond acceptors (Lipinski definition) is 5. The van der Waals surface area contributed by atoms with E-state index < -0.39 is 0 Å². The minimum atomic E-state index is -0.253. The summed E-state index contributed by atoms with van der Waals surface area (Å²) in [7, 11) is 0. The van der Waals surface area contributed by atoms with Gasteiger partial charge in [-0.3, -0.25) is 0 Å². The van der Waals surface area contributed by atoms with Gasteiger partial charge in [0.25, 0.3) is 0 Å². The predicted molar refractivity (Wildman–Crippen MR) is 120 cm³/mol. The number of para-hydroxylation sites is 1. The van der Waals surface area contributed by atoms with Crippen LogP contribution in [0.3, 0.4) is 0 Å². The molecule has 1 aliphatic rings. The van der Waals surface area contributed by atoms with E-state index in [-0.39, 0.29) is 5.82 Å². The lowest BCUT2D eigenvalue weighted by atomic mass is 10.0. The van der Waals surface area contributed by atoms with Crippen molar-refractivity contribution in [1.82, 2.24) is 24.8 Å². The Bertz CT molecular complexity index is 1150. The molecule has 5 rings (SSSR count). The minimum absolute atomic E-state index is 0.253. The molecule has 1 fully saturated rings. The monoisotopic (exact) mass is 414 g/mol. The molecule has 0 bridgehead atoms. The quantitative estimate of drug-likeness (QED) is 0.490. The van der Waals surface area contributed by atoms with E-state index in [1.807, 2.05) is 42.6 Å². The lowest BCUT2D eigenvalue weighted by Crippen LogP contribution is -2.30. The second-order valence-corrected chi connectivity index (χ2v) is 7.58. The number of halogens is 1. The first-order chi connectivity index (χ1) is 15.3. The smallest absolute Gasteiger partial charge is 0.227 e. The predicted octanol–water partition coefficient (Wildman–Crippen LogP) is 4.81. The molecule has 0 radical (unpaired) electrons. The maximum atomic E-state index is 13.5. The van der Waals surface area contributed by atoms with E-state index in [4.69, 9.17) is 9.97 Å². The highest BCUT2D eigenvalue weighted by molar-refractivity contribution is 5.65. The molecule has 156 valence electrons. The number of nitrogens with zero attached hydrogens (tertiary/aromatic N) is 4. The van der Waals surface area contributed by atoms with Gasteiger partial charge < -0.3 is 15.2 Å². The summed E-state index contributed by atoms with van der Waals surface area (Å²) in [6.07, 6.45) is 5.61.